The van der Waals surface area contributed by atoms with Crippen molar-refractivity contribution < 1.29 is 9.90 Å². The number of benzene rings is 1. The van der Waals surface area contributed by atoms with Crippen molar-refractivity contribution in [3.63, 3.8) is 0 Å². The van der Waals surface area contributed by atoms with E-state index in [2.05, 4.69) is 0 Å². The van der Waals surface area contributed by atoms with E-state index in [0.29, 0.717) is 15.9 Å². The van der Waals surface area contributed by atoms with Gasteiger partial charge in [0.1, 0.15) is 5.56 Å². The van der Waals surface area contributed by atoms with E-state index in [1.807, 2.05) is 4.57 Å². The molecule has 98 valence electrons. The van der Waals surface area contributed by atoms with E-state index in [0.717, 1.165) is 12.8 Å². The van der Waals surface area contributed by atoms with Crippen LogP contribution in [0.2, 0.25) is 10.0 Å². The quantitative estimate of drug-likeness (QED) is 0.925. The molecule has 0 unspecified atom stereocenters. The highest BCUT2D eigenvalue weighted by atomic mass is 35.5. The molecule has 6 heteroatoms. The number of rotatable bonds is 2. The molecule has 0 atom stereocenters. The van der Waals surface area contributed by atoms with Gasteiger partial charge in [0.15, 0.2) is 0 Å². The first kappa shape index (κ1) is 12.5. The van der Waals surface area contributed by atoms with Gasteiger partial charge in [0.2, 0.25) is 5.43 Å². The maximum atomic E-state index is 12.1. The number of carbonyl (C=O) groups is 1. The summed E-state index contributed by atoms with van der Waals surface area (Å²) in [5, 5.41) is 10.00. The van der Waals surface area contributed by atoms with E-state index in [1.54, 1.807) is 6.07 Å². The van der Waals surface area contributed by atoms with Gasteiger partial charge in [-0.3, -0.25) is 4.79 Å². The molecule has 0 bridgehead atoms. The normalized spacial score (nSPS) is 14.8. The summed E-state index contributed by atoms with van der Waals surface area (Å²) in [6.07, 6.45) is 3.34. The maximum absolute atomic E-state index is 12.1. The third-order valence-electron chi connectivity index (χ3n) is 3.24. The minimum atomic E-state index is -1.23. The minimum absolute atomic E-state index is 0.235. The van der Waals surface area contributed by atoms with Crippen LogP contribution in [-0.4, -0.2) is 15.6 Å². The summed E-state index contributed by atoms with van der Waals surface area (Å²) in [5.74, 6) is -1.23. The molecule has 1 saturated carbocycles. The fourth-order valence-corrected chi connectivity index (χ4v) is 2.47. The number of aromatic nitrogens is 1. The van der Waals surface area contributed by atoms with Crippen LogP contribution < -0.4 is 5.43 Å². The molecule has 3 rings (SSSR count). The lowest BCUT2D eigenvalue weighted by atomic mass is 10.1. The Balaban J connectivity index is 2.45. The Morgan fingerprint density at radius 3 is 2.47 bits per heavy atom. The SMILES string of the molecule is O=C(O)c1cn(C2CC2)c2cc(Cl)c(Cl)cc2c1=O. The number of aromatic carboxylic acids is 1. The summed E-state index contributed by atoms with van der Waals surface area (Å²) in [6.45, 7) is 0. The largest absolute Gasteiger partial charge is 0.477 e. The topological polar surface area (TPSA) is 59.3 Å². The number of nitrogens with zero attached hydrogens (tertiary/aromatic N) is 1. The third kappa shape index (κ3) is 2.01. The predicted molar refractivity (Wildman–Crippen MR) is 73.5 cm³/mol. The molecule has 2 aromatic rings. The van der Waals surface area contributed by atoms with E-state index in [4.69, 9.17) is 28.3 Å². The fraction of sp³-hybridized carbons (Fsp3) is 0.231. The molecular weight excluding hydrogens is 289 g/mol. The van der Waals surface area contributed by atoms with Gasteiger partial charge in [0.05, 0.1) is 15.6 Å². The van der Waals surface area contributed by atoms with Crippen LogP contribution >= 0.6 is 23.2 Å². The summed E-state index contributed by atoms with van der Waals surface area (Å²) in [5.41, 5.74) is -0.136. The predicted octanol–water partition coefficient (Wildman–Crippen LogP) is 3.34. The number of fused-ring (bicyclic) bond motifs is 1. The monoisotopic (exact) mass is 297 g/mol. The lowest BCUT2D eigenvalue weighted by Crippen LogP contribution is -2.18. The molecule has 1 heterocycles. The van der Waals surface area contributed by atoms with Gasteiger partial charge in [-0.05, 0) is 25.0 Å². The second kappa shape index (κ2) is 4.25. The Kier molecular flexibility index (Phi) is 2.80. The van der Waals surface area contributed by atoms with Crippen LogP contribution in [0.5, 0.6) is 0 Å². The van der Waals surface area contributed by atoms with Crippen molar-refractivity contribution in [1.29, 1.82) is 0 Å². The molecule has 19 heavy (non-hydrogen) atoms. The summed E-state index contributed by atoms with van der Waals surface area (Å²) in [6, 6.07) is 3.29. The van der Waals surface area contributed by atoms with Gasteiger partial charge in [-0.25, -0.2) is 4.79 Å². The van der Waals surface area contributed by atoms with E-state index in [-0.39, 0.29) is 16.6 Å². The second-order valence-electron chi connectivity index (χ2n) is 4.60. The van der Waals surface area contributed by atoms with Gasteiger partial charge in [0, 0.05) is 17.6 Å². The number of halogens is 2. The first-order valence-electron chi connectivity index (χ1n) is 5.76. The minimum Gasteiger partial charge on any atom is -0.477 e. The molecule has 1 aliphatic rings. The van der Waals surface area contributed by atoms with Crippen LogP contribution in [0.25, 0.3) is 10.9 Å². The Labute approximate surface area is 118 Å². The van der Waals surface area contributed by atoms with Gasteiger partial charge in [-0.15, -0.1) is 0 Å². The number of carboxylic acids is 1. The third-order valence-corrected chi connectivity index (χ3v) is 3.97. The van der Waals surface area contributed by atoms with Gasteiger partial charge < -0.3 is 9.67 Å². The van der Waals surface area contributed by atoms with Crippen molar-refractivity contribution in [2.24, 2.45) is 0 Å². The van der Waals surface area contributed by atoms with Crippen molar-refractivity contribution in [3.05, 3.63) is 44.2 Å². The van der Waals surface area contributed by atoms with Crippen LogP contribution in [-0.2, 0) is 0 Å². The molecule has 1 fully saturated rings. The zero-order valence-electron chi connectivity index (χ0n) is 9.69. The number of hydrogen-bond donors (Lipinski definition) is 1. The smallest absolute Gasteiger partial charge is 0.341 e. The average Bonchev–Trinajstić information content (AvgIpc) is 3.16. The summed E-state index contributed by atoms with van der Waals surface area (Å²) >= 11 is 11.9. The molecular formula is C13H9Cl2NO3. The van der Waals surface area contributed by atoms with E-state index in [1.165, 1.54) is 12.3 Å². The second-order valence-corrected chi connectivity index (χ2v) is 5.41. The highest BCUT2D eigenvalue weighted by Gasteiger charge is 2.27. The van der Waals surface area contributed by atoms with Crippen molar-refractivity contribution in [3.8, 4) is 0 Å². The highest BCUT2D eigenvalue weighted by Crippen LogP contribution is 2.38. The number of carboxylic acid groups (broad SMARTS) is 1. The first-order valence-corrected chi connectivity index (χ1v) is 6.52. The van der Waals surface area contributed by atoms with Gasteiger partial charge >= 0.3 is 5.97 Å². The molecule has 0 saturated heterocycles. The molecule has 1 aliphatic carbocycles. The number of pyridine rings is 1. The summed E-state index contributed by atoms with van der Waals surface area (Å²) in [7, 11) is 0. The Hall–Kier alpha value is -1.52. The Bertz CT molecular complexity index is 763. The summed E-state index contributed by atoms with van der Waals surface area (Å²) in [4.78, 5) is 23.3. The fourth-order valence-electron chi connectivity index (χ4n) is 2.15. The van der Waals surface area contributed by atoms with E-state index in [9.17, 15) is 9.59 Å². The van der Waals surface area contributed by atoms with Gasteiger partial charge in [-0.1, -0.05) is 23.2 Å². The molecule has 4 nitrogen and oxygen atoms in total. The molecule has 0 radical (unpaired) electrons. The van der Waals surface area contributed by atoms with Crippen LogP contribution in [0.3, 0.4) is 0 Å². The highest BCUT2D eigenvalue weighted by molar-refractivity contribution is 6.42. The van der Waals surface area contributed by atoms with Gasteiger partial charge in [-0.2, -0.15) is 0 Å². The van der Waals surface area contributed by atoms with Gasteiger partial charge in [0.25, 0.3) is 0 Å². The standard InChI is InChI=1S/C13H9Cl2NO3/c14-9-3-7-11(4-10(9)15)16(6-1-2-6)5-8(12(7)17)13(18)19/h3-6H,1-2H2,(H,18,19). The van der Waals surface area contributed by atoms with Crippen molar-refractivity contribution in [1.82, 2.24) is 4.57 Å². The lowest BCUT2D eigenvalue weighted by Gasteiger charge is -2.12. The Morgan fingerprint density at radius 1 is 1.26 bits per heavy atom. The maximum Gasteiger partial charge on any atom is 0.341 e. The van der Waals surface area contributed by atoms with Crippen molar-refractivity contribution in [2.75, 3.05) is 0 Å². The van der Waals surface area contributed by atoms with Crippen molar-refractivity contribution in [2.45, 2.75) is 18.9 Å². The van der Waals surface area contributed by atoms with E-state index < -0.39 is 11.4 Å². The summed E-state index contributed by atoms with van der Waals surface area (Å²) < 4.78 is 1.81. The van der Waals surface area contributed by atoms with Crippen LogP contribution in [0.4, 0.5) is 0 Å². The zero-order chi connectivity index (χ0) is 13.7. The van der Waals surface area contributed by atoms with Crippen LogP contribution in [0.15, 0.2) is 23.1 Å². The molecule has 1 N–H and O–H groups in total. The average molecular weight is 298 g/mol. The first-order chi connectivity index (χ1) is 8.99. The molecule has 1 aromatic heterocycles. The zero-order valence-corrected chi connectivity index (χ0v) is 11.2. The molecule has 0 amide bonds. The molecule has 0 aliphatic heterocycles. The lowest BCUT2D eigenvalue weighted by molar-refractivity contribution is 0.0695. The molecule has 0 spiro atoms. The Morgan fingerprint density at radius 2 is 1.89 bits per heavy atom. The van der Waals surface area contributed by atoms with E-state index >= 15 is 0 Å². The van der Waals surface area contributed by atoms with Crippen LogP contribution in [0, 0.1) is 0 Å². The number of hydrogen-bond acceptors (Lipinski definition) is 2. The van der Waals surface area contributed by atoms with Crippen LogP contribution in [0.1, 0.15) is 29.2 Å². The van der Waals surface area contributed by atoms with Crippen molar-refractivity contribution >= 4 is 40.1 Å². The molecule has 1 aromatic carbocycles.